The fraction of sp³-hybridized carbons (Fsp3) is 0.636. The summed E-state index contributed by atoms with van der Waals surface area (Å²) in [5.74, 6) is 0.508. The molecule has 2 heterocycles. The first-order valence-electron chi connectivity index (χ1n) is 10.4. The molecule has 5 heteroatoms. The first-order valence-corrected chi connectivity index (χ1v) is 10.4. The molecule has 1 aromatic carbocycles. The minimum atomic E-state index is -0.129. The third-order valence-corrected chi connectivity index (χ3v) is 5.97. The Hall–Kier alpha value is -2.04. The second-order valence-electron chi connectivity index (χ2n) is 8.24. The Kier molecular flexibility index (Phi) is 6.40. The number of aromatic hydroxyl groups is 1. The number of hydrogen-bond donors (Lipinski definition) is 1. The van der Waals surface area contributed by atoms with E-state index in [9.17, 15) is 14.7 Å². The molecule has 2 aliphatic rings. The third-order valence-electron chi connectivity index (χ3n) is 5.97. The van der Waals surface area contributed by atoms with E-state index in [4.69, 9.17) is 0 Å². The van der Waals surface area contributed by atoms with Crippen LogP contribution in [0.2, 0.25) is 0 Å². The molecular weight excluding hydrogens is 340 g/mol. The number of hydrogen-bond acceptors (Lipinski definition) is 3. The maximum Gasteiger partial charge on any atom is 0.257 e. The molecule has 2 aliphatic heterocycles. The second kappa shape index (κ2) is 8.77. The van der Waals surface area contributed by atoms with E-state index in [1.165, 1.54) is 12.8 Å². The highest BCUT2D eigenvalue weighted by Gasteiger charge is 2.31. The molecule has 3 rings (SSSR count). The lowest BCUT2D eigenvalue weighted by atomic mass is 9.94. The monoisotopic (exact) mass is 372 g/mol. The summed E-state index contributed by atoms with van der Waals surface area (Å²) in [6.45, 7) is 7.06. The summed E-state index contributed by atoms with van der Waals surface area (Å²) >= 11 is 0. The molecule has 0 unspecified atom stereocenters. The van der Waals surface area contributed by atoms with Crippen molar-refractivity contribution in [2.45, 2.75) is 58.3 Å². The smallest absolute Gasteiger partial charge is 0.257 e. The lowest BCUT2D eigenvalue weighted by Crippen LogP contribution is -2.44. The van der Waals surface area contributed by atoms with Crippen LogP contribution in [0.15, 0.2) is 18.2 Å². The van der Waals surface area contributed by atoms with Crippen molar-refractivity contribution in [3.8, 4) is 5.75 Å². The zero-order valence-corrected chi connectivity index (χ0v) is 16.6. The van der Waals surface area contributed by atoms with Gasteiger partial charge in [0, 0.05) is 32.1 Å². The van der Waals surface area contributed by atoms with Crippen molar-refractivity contribution in [3.63, 3.8) is 0 Å². The lowest BCUT2D eigenvalue weighted by Gasteiger charge is -2.34. The van der Waals surface area contributed by atoms with Gasteiger partial charge in [-0.3, -0.25) is 9.59 Å². The largest absolute Gasteiger partial charge is 0.507 e. The third kappa shape index (κ3) is 4.63. The Morgan fingerprint density at radius 2 is 1.59 bits per heavy atom. The van der Waals surface area contributed by atoms with Crippen LogP contribution in [0.3, 0.4) is 0 Å². The van der Waals surface area contributed by atoms with E-state index in [0.717, 1.165) is 31.5 Å². The fourth-order valence-corrected chi connectivity index (χ4v) is 4.13. The predicted octanol–water partition coefficient (Wildman–Crippen LogP) is 3.77. The molecule has 148 valence electrons. The summed E-state index contributed by atoms with van der Waals surface area (Å²) in [6, 6.07) is 5.28. The Morgan fingerprint density at radius 3 is 2.19 bits per heavy atom. The van der Waals surface area contributed by atoms with Crippen molar-refractivity contribution >= 4 is 11.8 Å². The Labute approximate surface area is 162 Å². The summed E-state index contributed by atoms with van der Waals surface area (Å²) in [6.07, 6.45) is 6.08. The first kappa shape index (κ1) is 19.7. The predicted molar refractivity (Wildman–Crippen MR) is 106 cm³/mol. The van der Waals surface area contributed by atoms with E-state index < -0.39 is 0 Å². The van der Waals surface area contributed by atoms with Gasteiger partial charge < -0.3 is 14.9 Å². The number of phenols is 1. The lowest BCUT2D eigenvalue weighted by molar-refractivity contribution is -0.136. The number of nitrogens with zero attached hydrogens (tertiary/aromatic N) is 2. The normalized spacial score (nSPS) is 19.2. The zero-order chi connectivity index (χ0) is 19.4. The molecule has 0 radical (unpaired) electrons. The van der Waals surface area contributed by atoms with Crippen LogP contribution in [0.1, 0.15) is 74.2 Å². The van der Waals surface area contributed by atoms with E-state index in [1.54, 1.807) is 17.0 Å². The molecule has 27 heavy (non-hydrogen) atoms. The summed E-state index contributed by atoms with van der Waals surface area (Å²) in [5.41, 5.74) is 1.42. The molecule has 0 atom stereocenters. The number of piperidine rings is 1. The summed E-state index contributed by atoms with van der Waals surface area (Å²) in [5, 5.41) is 10.1. The number of carbonyl (C=O) groups excluding carboxylic acids is 2. The zero-order valence-electron chi connectivity index (χ0n) is 16.6. The highest BCUT2D eigenvalue weighted by molar-refractivity contribution is 5.97. The Balaban J connectivity index is 1.61. The Bertz CT molecular complexity index is 670. The second-order valence-corrected chi connectivity index (χ2v) is 8.24. The van der Waals surface area contributed by atoms with Gasteiger partial charge in [-0.05, 0) is 49.3 Å². The molecule has 2 amide bonds. The van der Waals surface area contributed by atoms with Gasteiger partial charge in [-0.15, -0.1) is 0 Å². The standard InChI is InChI=1S/C22H32N2O3/c1-16(2)18-7-8-20(25)19(15-18)22(27)24-13-9-17(10-14-24)21(26)23-11-5-3-4-6-12-23/h7-8,15-17,25H,3-6,9-14H2,1-2H3. The Morgan fingerprint density at radius 1 is 0.963 bits per heavy atom. The molecule has 1 aromatic rings. The van der Waals surface area contributed by atoms with Crippen LogP contribution in [-0.4, -0.2) is 52.9 Å². The topological polar surface area (TPSA) is 60.9 Å². The van der Waals surface area contributed by atoms with Crippen LogP contribution >= 0.6 is 0 Å². The summed E-state index contributed by atoms with van der Waals surface area (Å²) in [7, 11) is 0. The maximum atomic E-state index is 12.9. The van der Waals surface area contributed by atoms with Gasteiger partial charge in [-0.25, -0.2) is 0 Å². The molecule has 0 aromatic heterocycles. The number of likely N-dealkylation sites (tertiary alicyclic amines) is 2. The van der Waals surface area contributed by atoms with Crippen LogP contribution in [-0.2, 0) is 4.79 Å². The van der Waals surface area contributed by atoms with Gasteiger partial charge in [-0.2, -0.15) is 0 Å². The van der Waals surface area contributed by atoms with E-state index >= 15 is 0 Å². The van der Waals surface area contributed by atoms with E-state index in [2.05, 4.69) is 13.8 Å². The maximum absolute atomic E-state index is 12.9. The molecule has 1 N–H and O–H groups in total. The van der Waals surface area contributed by atoms with Gasteiger partial charge in [0.25, 0.3) is 5.91 Å². The number of rotatable bonds is 3. The SMILES string of the molecule is CC(C)c1ccc(O)c(C(=O)N2CCC(C(=O)N3CCCCCC3)CC2)c1. The van der Waals surface area contributed by atoms with Crippen molar-refractivity contribution in [1.82, 2.24) is 9.80 Å². The molecule has 2 fully saturated rings. The van der Waals surface area contributed by atoms with E-state index in [0.29, 0.717) is 37.4 Å². The van der Waals surface area contributed by atoms with Crippen molar-refractivity contribution in [3.05, 3.63) is 29.3 Å². The highest BCUT2D eigenvalue weighted by atomic mass is 16.3. The first-order chi connectivity index (χ1) is 13.0. The fourth-order valence-electron chi connectivity index (χ4n) is 4.13. The molecule has 2 saturated heterocycles. The van der Waals surface area contributed by atoms with Crippen LogP contribution < -0.4 is 0 Å². The van der Waals surface area contributed by atoms with E-state index in [1.807, 2.05) is 11.0 Å². The minimum absolute atomic E-state index is 0.0303. The number of phenolic OH excluding ortho intramolecular Hbond substituents is 1. The van der Waals surface area contributed by atoms with Gasteiger partial charge in [0.1, 0.15) is 5.75 Å². The van der Waals surface area contributed by atoms with Crippen molar-refractivity contribution in [2.24, 2.45) is 5.92 Å². The van der Waals surface area contributed by atoms with Gasteiger partial charge in [0.2, 0.25) is 5.91 Å². The summed E-state index contributed by atoms with van der Waals surface area (Å²) < 4.78 is 0. The minimum Gasteiger partial charge on any atom is -0.507 e. The molecule has 0 saturated carbocycles. The summed E-state index contributed by atoms with van der Waals surface area (Å²) in [4.78, 5) is 29.5. The van der Waals surface area contributed by atoms with Crippen LogP contribution in [0, 0.1) is 5.92 Å². The molecule has 0 bridgehead atoms. The van der Waals surface area contributed by atoms with Crippen molar-refractivity contribution in [1.29, 1.82) is 0 Å². The molecule has 5 nitrogen and oxygen atoms in total. The van der Waals surface area contributed by atoms with Crippen molar-refractivity contribution in [2.75, 3.05) is 26.2 Å². The van der Waals surface area contributed by atoms with Crippen LogP contribution in [0.25, 0.3) is 0 Å². The average molecular weight is 373 g/mol. The van der Waals surface area contributed by atoms with Gasteiger partial charge in [0.15, 0.2) is 0 Å². The molecular formula is C22H32N2O3. The van der Waals surface area contributed by atoms with Crippen LogP contribution in [0.4, 0.5) is 0 Å². The quantitative estimate of drug-likeness (QED) is 0.878. The highest BCUT2D eigenvalue weighted by Crippen LogP contribution is 2.27. The molecule has 0 aliphatic carbocycles. The number of carbonyl (C=O) groups is 2. The number of benzene rings is 1. The van der Waals surface area contributed by atoms with Crippen molar-refractivity contribution < 1.29 is 14.7 Å². The number of amides is 2. The van der Waals surface area contributed by atoms with Gasteiger partial charge in [-0.1, -0.05) is 32.8 Å². The van der Waals surface area contributed by atoms with Gasteiger partial charge >= 0.3 is 0 Å². The average Bonchev–Trinajstić information content (AvgIpc) is 2.96. The van der Waals surface area contributed by atoms with Gasteiger partial charge in [0.05, 0.1) is 5.56 Å². The van der Waals surface area contributed by atoms with E-state index in [-0.39, 0.29) is 23.5 Å². The molecule has 0 spiro atoms. The van der Waals surface area contributed by atoms with Crippen LogP contribution in [0.5, 0.6) is 5.75 Å².